The number of hydrogen-bond acceptors (Lipinski definition) is 1. The molecule has 100 valence electrons. The van der Waals surface area contributed by atoms with Crippen molar-refractivity contribution in [2.75, 3.05) is 0 Å². The molecular formula is C16H16F2O. The Balaban J connectivity index is 2.20. The van der Waals surface area contributed by atoms with Crippen LogP contribution in [0.4, 0.5) is 8.78 Å². The van der Waals surface area contributed by atoms with Gasteiger partial charge in [0.1, 0.15) is 6.10 Å². The number of aliphatic hydroxyl groups excluding tert-OH is 1. The zero-order valence-corrected chi connectivity index (χ0v) is 10.7. The van der Waals surface area contributed by atoms with Crippen LogP contribution >= 0.6 is 0 Å². The van der Waals surface area contributed by atoms with Gasteiger partial charge in [-0.25, -0.2) is 8.78 Å². The summed E-state index contributed by atoms with van der Waals surface area (Å²) in [7, 11) is 0. The largest absolute Gasteiger partial charge is 0.384 e. The molecule has 1 N–H and O–H groups in total. The highest BCUT2D eigenvalue weighted by molar-refractivity contribution is 5.33. The average Bonchev–Trinajstić information content (AvgIpc) is 2.46. The molecule has 0 spiro atoms. The molecule has 0 aliphatic carbocycles. The van der Waals surface area contributed by atoms with E-state index in [1.807, 2.05) is 24.3 Å². The van der Waals surface area contributed by atoms with Crippen LogP contribution in [0.15, 0.2) is 48.5 Å². The Kier molecular flexibility index (Phi) is 4.27. The molecule has 0 saturated heterocycles. The van der Waals surface area contributed by atoms with Gasteiger partial charge in [0.15, 0.2) is 0 Å². The van der Waals surface area contributed by atoms with Gasteiger partial charge < -0.3 is 5.11 Å². The number of aliphatic hydroxyl groups is 1. The van der Waals surface area contributed by atoms with E-state index in [9.17, 15) is 13.9 Å². The second-order valence-electron chi connectivity index (χ2n) is 4.47. The summed E-state index contributed by atoms with van der Waals surface area (Å²) < 4.78 is 24.9. The van der Waals surface area contributed by atoms with Crippen molar-refractivity contribution in [2.45, 2.75) is 25.9 Å². The molecule has 0 aliphatic rings. The smallest absolute Gasteiger partial charge is 0.263 e. The van der Waals surface area contributed by atoms with Crippen molar-refractivity contribution < 1.29 is 13.9 Å². The van der Waals surface area contributed by atoms with Gasteiger partial charge in [0.2, 0.25) is 0 Å². The van der Waals surface area contributed by atoms with Crippen molar-refractivity contribution in [3.8, 4) is 0 Å². The molecule has 2 rings (SSSR count). The lowest BCUT2D eigenvalue weighted by molar-refractivity contribution is 0.151. The molecule has 0 heterocycles. The van der Waals surface area contributed by atoms with E-state index in [-0.39, 0.29) is 5.56 Å². The van der Waals surface area contributed by atoms with Crippen molar-refractivity contribution in [2.24, 2.45) is 0 Å². The number of halogens is 2. The average molecular weight is 262 g/mol. The van der Waals surface area contributed by atoms with E-state index in [4.69, 9.17) is 0 Å². The first-order chi connectivity index (χ1) is 9.11. The van der Waals surface area contributed by atoms with Gasteiger partial charge in [-0.2, -0.15) is 0 Å². The number of benzene rings is 2. The summed E-state index contributed by atoms with van der Waals surface area (Å²) in [6.45, 7) is 2.06. The van der Waals surface area contributed by atoms with E-state index in [1.54, 1.807) is 12.1 Å². The van der Waals surface area contributed by atoms with E-state index < -0.39 is 12.5 Å². The summed E-state index contributed by atoms with van der Waals surface area (Å²) in [5.74, 6) is 0. The lowest BCUT2D eigenvalue weighted by Crippen LogP contribution is -2.00. The normalized spacial score (nSPS) is 12.7. The number of alkyl halides is 2. The molecule has 1 unspecified atom stereocenters. The van der Waals surface area contributed by atoms with E-state index >= 15 is 0 Å². The second kappa shape index (κ2) is 5.93. The maximum absolute atomic E-state index is 12.4. The zero-order valence-electron chi connectivity index (χ0n) is 10.7. The Morgan fingerprint density at radius 2 is 1.26 bits per heavy atom. The second-order valence-corrected chi connectivity index (χ2v) is 4.47. The molecule has 1 nitrogen and oxygen atoms in total. The van der Waals surface area contributed by atoms with Crippen LogP contribution in [0, 0.1) is 0 Å². The summed E-state index contributed by atoms with van der Waals surface area (Å²) >= 11 is 0. The van der Waals surface area contributed by atoms with Crippen molar-refractivity contribution in [1.29, 1.82) is 0 Å². The van der Waals surface area contributed by atoms with Gasteiger partial charge in [0, 0.05) is 5.56 Å². The molecule has 2 aromatic carbocycles. The summed E-state index contributed by atoms with van der Waals surface area (Å²) in [5, 5.41) is 10.2. The van der Waals surface area contributed by atoms with Gasteiger partial charge in [-0.05, 0) is 23.1 Å². The quantitative estimate of drug-likeness (QED) is 0.872. The van der Waals surface area contributed by atoms with Crippen molar-refractivity contribution in [1.82, 2.24) is 0 Å². The molecule has 0 aromatic heterocycles. The number of hydrogen-bond donors (Lipinski definition) is 1. The van der Waals surface area contributed by atoms with Gasteiger partial charge in [0.25, 0.3) is 6.43 Å². The van der Waals surface area contributed by atoms with Crippen LogP contribution in [-0.4, -0.2) is 5.11 Å². The lowest BCUT2D eigenvalue weighted by atomic mass is 9.99. The van der Waals surface area contributed by atoms with Gasteiger partial charge in [-0.1, -0.05) is 55.5 Å². The van der Waals surface area contributed by atoms with E-state index in [0.29, 0.717) is 5.56 Å². The predicted octanol–water partition coefficient (Wildman–Crippen LogP) is 4.27. The Bertz CT molecular complexity index is 517. The van der Waals surface area contributed by atoms with Crippen LogP contribution in [0.25, 0.3) is 0 Å². The standard InChI is InChI=1S/C16H16F2O/c1-2-11-3-5-12(6-4-11)15(19)13-7-9-14(10-8-13)16(17)18/h3-10,15-16,19H,2H2,1H3. The van der Waals surface area contributed by atoms with Crippen LogP contribution in [0.1, 0.15) is 41.7 Å². The summed E-state index contributed by atoms with van der Waals surface area (Å²) in [6.07, 6.45) is -2.31. The molecule has 3 heteroatoms. The van der Waals surface area contributed by atoms with E-state index in [0.717, 1.165) is 12.0 Å². The van der Waals surface area contributed by atoms with Gasteiger partial charge in [0.05, 0.1) is 0 Å². The zero-order chi connectivity index (χ0) is 13.8. The molecule has 2 aromatic rings. The molecule has 0 fully saturated rings. The molecule has 0 amide bonds. The van der Waals surface area contributed by atoms with Gasteiger partial charge in [-0.3, -0.25) is 0 Å². The SMILES string of the molecule is CCc1ccc(C(O)c2ccc(C(F)F)cc2)cc1. The van der Waals surface area contributed by atoms with Crippen molar-refractivity contribution in [3.63, 3.8) is 0 Å². The monoisotopic (exact) mass is 262 g/mol. The molecule has 1 atom stereocenters. The van der Waals surface area contributed by atoms with Gasteiger partial charge >= 0.3 is 0 Å². The molecule has 19 heavy (non-hydrogen) atoms. The van der Waals surface area contributed by atoms with Crippen molar-refractivity contribution >= 4 is 0 Å². The first kappa shape index (κ1) is 13.7. The minimum Gasteiger partial charge on any atom is -0.384 e. The Hall–Kier alpha value is -1.74. The Labute approximate surface area is 111 Å². The predicted molar refractivity (Wildman–Crippen MR) is 71.3 cm³/mol. The highest BCUT2D eigenvalue weighted by Gasteiger charge is 2.12. The Morgan fingerprint density at radius 1 is 0.842 bits per heavy atom. The fourth-order valence-electron chi connectivity index (χ4n) is 1.95. The molecule has 0 saturated carbocycles. The molecular weight excluding hydrogens is 246 g/mol. The minimum absolute atomic E-state index is 0.0303. The fraction of sp³-hybridized carbons (Fsp3) is 0.250. The van der Waals surface area contributed by atoms with Crippen LogP contribution in [0.2, 0.25) is 0 Å². The van der Waals surface area contributed by atoms with Crippen LogP contribution in [0.3, 0.4) is 0 Å². The third-order valence-electron chi connectivity index (χ3n) is 3.21. The number of aryl methyl sites for hydroxylation is 1. The lowest BCUT2D eigenvalue weighted by Gasteiger charge is -2.12. The van der Waals surface area contributed by atoms with Crippen LogP contribution < -0.4 is 0 Å². The maximum atomic E-state index is 12.4. The molecule has 0 radical (unpaired) electrons. The van der Waals surface area contributed by atoms with Crippen LogP contribution in [-0.2, 0) is 6.42 Å². The molecule has 0 aliphatic heterocycles. The van der Waals surface area contributed by atoms with E-state index in [1.165, 1.54) is 17.7 Å². The minimum atomic E-state index is -2.48. The first-order valence-corrected chi connectivity index (χ1v) is 6.26. The highest BCUT2D eigenvalue weighted by atomic mass is 19.3. The summed E-state index contributed by atoms with van der Waals surface area (Å²) in [4.78, 5) is 0. The number of rotatable bonds is 4. The fourth-order valence-corrected chi connectivity index (χ4v) is 1.95. The molecule has 0 bridgehead atoms. The van der Waals surface area contributed by atoms with Crippen molar-refractivity contribution in [3.05, 3.63) is 70.8 Å². The highest BCUT2D eigenvalue weighted by Crippen LogP contribution is 2.25. The maximum Gasteiger partial charge on any atom is 0.263 e. The van der Waals surface area contributed by atoms with E-state index in [2.05, 4.69) is 6.92 Å². The topological polar surface area (TPSA) is 20.2 Å². The van der Waals surface area contributed by atoms with Gasteiger partial charge in [-0.15, -0.1) is 0 Å². The third kappa shape index (κ3) is 3.18. The Morgan fingerprint density at radius 3 is 1.68 bits per heavy atom. The summed E-state index contributed by atoms with van der Waals surface area (Å²) in [5.41, 5.74) is 2.55. The summed E-state index contributed by atoms with van der Waals surface area (Å²) in [6, 6.07) is 13.4. The van der Waals surface area contributed by atoms with Crippen LogP contribution in [0.5, 0.6) is 0 Å². The third-order valence-corrected chi connectivity index (χ3v) is 3.21. The first-order valence-electron chi connectivity index (χ1n) is 6.26.